The quantitative estimate of drug-likeness (QED) is 0.659. The van der Waals surface area contributed by atoms with E-state index < -0.39 is 11.6 Å². The van der Waals surface area contributed by atoms with Crippen molar-refractivity contribution in [1.29, 1.82) is 0 Å². The van der Waals surface area contributed by atoms with Gasteiger partial charge in [-0.15, -0.1) is 0 Å². The number of methoxy groups -OCH3 is 1. The van der Waals surface area contributed by atoms with E-state index in [0.717, 1.165) is 16.9 Å². The molecule has 1 fully saturated rings. The molecule has 0 aromatic heterocycles. The number of rotatable bonds is 7. The molecule has 7 heteroatoms. The Morgan fingerprint density at radius 2 is 2.19 bits per heavy atom. The molecule has 1 saturated heterocycles. The van der Waals surface area contributed by atoms with Gasteiger partial charge < -0.3 is 20.5 Å². The minimum Gasteiger partial charge on any atom is -0.496 e. The molecular weight excluding hydrogens is 334 g/mol. The molecule has 1 aromatic carbocycles. The van der Waals surface area contributed by atoms with Crippen LogP contribution in [0.2, 0.25) is 0 Å². The Balaban J connectivity index is 2.09. The third kappa shape index (κ3) is 5.19. The third-order valence-corrected chi connectivity index (χ3v) is 4.54. The molecule has 0 radical (unpaired) electrons. The predicted molar refractivity (Wildman–Crippen MR) is 98.9 cm³/mol. The molecule has 1 aromatic rings. The number of aliphatic hydroxyl groups is 1. The number of piperazine rings is 1. The lowest BCUT2D eigenvalue weighted by Crippen LogP contribution is -2.57. The molecule has 144 valence electrons. The maximum atomic E-state index is 12.3. The van der Waals surface area contributed by atoms with Crippen LogP contribution in [0, 0.1) is 6.92 Å². The van der Waals surface area contributed by atoms with Gasteiger partial charge in [0.05, 0.1) is 31.7 Å². The summed E-state index contributed by atoms with van der Waals surface area (Å²) >= 11 is 0. The van der Waals surface area contributed by atoms with Gasteiger partial charge >= 0.3 is 0 Å². The van der Waals surface area contributed by atoms with E-state index in [1.165, 1.54) is 0 Å². The van der Waals surface area contributed by atoms with Crippen LogP contribution in [0.25, 0.3) is 0 Å². The molecule has 1 heterocycles. The smallest absolute Gasteiger partial charge is 0.237 e. The number of hydrogen-bond acceptors (Lipinski definition) is 5. The molecule has 0 bridgehead atoms. The molecule has 2 amide bonds. The molecule has 1 atom stereocenters. The number of nitrogens with zero attached hydrogens (tertiary/aromatic N) is 1. The number of nitrogens with one attached hydrogen (secondary N) is 2. The van der Waals surface area contributed by atoms with E-state index in [2.05, 4.69) is 10.6 Å². The summed E-state index contributed by atoms with van der Waals surface area (Å²) in [6.07, 6.45) is 0.0599. The van der Waals surface area contributed by atoms with Gasteiger partial charge in [0.15, 0.2) is 0 Å². The Bertz CT molecular complexity index is 660. The van der Waals surface area contributed by atoms with Crippen LogP contribution in [0.1, 0.15) is 31.4 Å². The van der Waals surface area contributed by atoms with Crippen LogP contribution >= 0.6 is 0 Å². The maximum Gasteiger partial charge on any atom is 0.237 e. The molecular formula is C19H29N3O4. The van der Waals surface area contributed by atoms with Crippen LogP contribution in [-0.4, -0.2) is 60.2 Å². The minimum atomic E-state index is -0.708. The lowest BCUT2D eigenvalue weighted by Gasteiger charge is -2.35. The van der Waals surface area contributed by atoms with Crippen molar-refractivity contribution in [2.75, 3.05) is 26.8 Å². The lowest BCUT2D eigenvalue weighted by molar-refractivity contribution is -0.135. The Hall–Kier alpha value is -2.12. The van der Waals surface area contributed by atoms with E-state index in [9.17, 15) is 14.7 Å². The summed E-state index contributed by atoms with van der Waals surface area (Å²) in [5.41, 5.74) is 1.39. The highest BCUT2D eigenvalue weighted by atomic mass is 16.5. The zero-order valence-electron chi connectivity index (χ0n) is 16.0. The van der Waals surface area contributed by atoms with Crippen molar-refractivity contribution < 1.29 is 19.4 Å². The second-order valence-electron chi connectivity index (χ2n) is 7.38. The van der Waals surface area contributed by atoms with Crippen LogP contribution in [0.3, 0.4) is 0 Å². The van der Waals surface area contributed by atoms with Gasteiger partial charge in [-0.2, -0.15) is 0 Å². The number of carbonyl (C=O) groups excluding carboxylic acids is 2. The standard InChI is InChI=1S/C19H29N3O4/c1-13-9-14(5-6-16(13)26-4)11-22-8-7-20-18(25)15(22)10-17(24)21-19(2,3)12-23/h5-6,9,15,23H,7-8,10-12H2,1-4H3,(H,20,25)(H,21,24)/t15-/m1/s1. The molecule has 1 aliphatic rings. The van der Waals surface area contributed by atoms with Crippen molar-refractivity contribution in [3.05, 3.63) is 29.3 Å². The van der Waals surface area contributed by atoms with Crippen LogP contribution in [0.4, 0.5) is 0 Å². The number of carbonyl (C=O) groups is 2. The van der Waals surface area contributed by atoms with E-state index in [1.807, 2.05) is 30.0 Å². The van der Waals surface area contributed by atoms with Gasteiger partial charge in [0.2, 0.25) is 11.8 Å². The van der Waals surface area contributed by atoms with Gasteiger partial charge in [-0.3, -0.25) is 14.5 Å². The molecule has 26 heavy (non-hydrogen) atoms. The van der Waals surface area contributed by atoms with Crippen LogP contribution in [0.15, 0.2) is 18.2 Å². The molecule has 0 spiro atoms. The molecule has 1 aliphatic heterocycles. The SMILES string of the molecule is COc1ccc(CN2CCNC(=O)[C@H]2CC(=O)NC(C)(C)CO)cc1C. The Morgan fingerprint density at radius 1 is 1.46 bits per heavy atom. The second kappa shape index (κ2) is 8.51. The van der Waals surface area contributed by atoms with E-state index in [1.54, 1.807) is 21.0 Å². The number of amides is 2. The van der Waals surface area contributed by atoms with Crippen LogP contribution in [-0.2, 0) is 16.1 Å². The van der Waals surface area contributed by atoms with Crippen LogP contribution in [0.5, 0.6) is 5.75 Å². The molecule has 3 N–H and O–H groups in total. The number of ether oxygens (including phenoxy) is 1. The van der Waals surface area contributed by atoms with Crippen LogP contribution < -0.4 is 15.4 Å². The topological polar surface area (TPSA) is 90.9 Å². The number of aliphatic hydroxyl groups excluding tert-OH is 1. The van der Waals surface area contributed by atoms with Crippen molar-refractivity contribution in [2.24, 2.45) is 0 Å². The van der Waals surface area contributed by atoms with Gasteiger partial charge in [-0.25, -0.2) is 0 Å². The zero-order valence-corrected chi connectivity index (χ0v) is 16.0. The van der Waals surface area contributed by atoms with Crippen molar-refractivity contribution in [3.63, 3.8) is 0 Å². The molecule has 0 unspecified atom stereocenters. The first kappa shape index (κ1) is 20.2. The monoisotopic (exact) mass is 363 g/mol. The average Bonchev–Trinajstić information content (AvgIpc) is 2.58. The summed E-state index contributed by atoms with van der Waals surface area (Å²) in [7, 11) is 1.64. The van der Waals surface area contributed by atoms with E-state index in [0.29, 0.717) is 19.6 Å². The summed E-state index contributed by atoms with van der Waals surface area (Å²) in [4.78, 5) is 26.7. The van der Waals surface area contributed by atoms with Crippen molar-refractivity contribution >= 4 is 11.8 Å². The van der Waals surface area contributed by atoms with Gasteiger partial charge in [0.1, 0.15) is 5.75 Å². The van der Waals surface area contributed by atoms with Gasteiger partial charge in [-0.1, -0.05) is 12.1 Å². The second-order valence-corrected chi connectivity index (χ2v) is 7.38. The highest BCUT2D eigenvalue weighted by Crippen LogP contribution is 2.21. The third-order valence-electron chi connectivity index (χ3n) is 4.54. The first-order chi connectivity index (χ1) is 12.3. The summed E-state index contributed by atoms with van der Waals surface area (Å²) < 4.78 is 5.29. The molecule has 0 aliphatic carbocycles. The number of hydrogen-bond donors (Lipinski definition) is 3. The summed E-state index contributed by atoms with van der Waals surface area (Å²) in [5, 5.41) is 14.9. The number of benzene rings is 1. The minimum absolute atomic E-state index is 0.0599. The van der Waals surface area contributed by atoms with Gasteiger partial charge in [-0.05, 0) is 38.0 Å². The van der Waals surface area contributed by atoms with E-state index in [4.69, 9.17) is 4.74 Å². The fourth-order valence-electron chi connectivity index (χ4n) is 3.09. The lowest BCUT2D eigenvalue weighted by atomic mass is 10.0. The molecule has 0 saturated carbocycles. The van der Waals surface area contributed by atoms with Crippen molar-refractivity contribution in [2.45, 2.75) is 45.3 Å². The first-order valence-electron chi connectivity index (χ1n) is 8.83. The Morgan fingerprint density at radius 3 is 2.81 bits per heavy atom. The van der Waals surface area contributed by atoms with E-state index in [-0.39, 0.29) is 24.8 Å². The van der Waals surface area contributed by atoms with E-state index >= 15 is 0 Å². The number of aryl methyl sites for hydroxylation is 1. The Kier molecular flexibility index (Phi) is 6.61. The van der Waals surface area contributed by atoms with Crippen molar-refractivity contribution in [1.82, 2.24) is 15.5 Å². The summed E-state index contributed by atoms with van der Waals surface area (Å²) in [5.74, 6) is 0.438. The summed E-state index contributed by atoms with van der Waals surface area (Å²) in [6.45, 7) is 7.12. The fraction of sp³-hybridized carbons (Fsp3) is 0.579. The van der Waals surface area contributed by atoms with Gasteiger partial charge in [0, 0.05) is 19.6 Å². The predicted octanol–water partition coefficient (Wildman–Crippen LogP) is 0.581. The Labute approximate surface area is 154 Å². The first-order valence-corrected chi connectivity index (χ1v) is 8.83. The largest absolute Gasteiger partial charge is 0.496 e. The highest BCUT2D eigenvalue weighted by molar-refractivity contribution is 5.89. The highest BCUT2D eigenvalue weighted by Gasteiger charge is 2.32. The summed E-state index contributed by atoms with van der Waals surface area (Å²) in [6, 6.07) is 5.41. The molecule has 2 rings (SSSR count). The van der Waals surface area contributed by atoms with Crippen molar-refractivity contribution in [3.8, 4) is 5.75 Å². The molecule has 7 nitrogen and oxygen atoms in total. The van der Waals surface area contributed by atoms with Gasteiger partial charge in [0.25, 0.3) is 0 Å². The maximum absolute atomic E-state index is 12.3. The average molecular weight is 363 g/mol. The fourth-order valence-corrected chi connectivity index (χ4v) is 3.09. The normalized spacial score (nSPS) is 18.3. The zero-order chi connectivity index (χ0) is 19.3.